The Morgan fingerprint density at radius 2 is 2.38 bits per heavy atom. The number of rotatable bonds is 3. The molecule has 0 radical (unpaired) electrons. The molecule has 84 valence electrons. The lowest BCUT2D eigenvalue weighted by molar-refractivity contribution is 0.815. The van der Waals surface area contributed by atoms with Gasteiger partial charge in [0, 0.05) is 19.4 Å². The van der Waals surface area contributed by atoms with Gasteiger partial charge in [-0.25, -0.2) is 4.98 Å². The molecule has 0 amide bonds. The van der Waals surface area contributed by atoms with Crippen molar-refractivity contribution in [3.8, 4) is 0 Å². The van der Waals surface area contributed by atoms with E-state index in [0.29, 0.717) is 5.82 Å². The lowest BCUT2D eigenvalue weighted by Gasteiger charge is -2.12. The molecule has 16 heavy (non-hydrogen) atoms. The van der Waals surface area contributed by atoms with Crippen LogP contribution >= 0.6 is 11.3 Å². The molecule has 0 saturated carbocycles. The largest absolute Gasteiger partial charge is 0.359 e. The molecule has 1 atom stereocenters. The van der Waals surface area contributed by atoms with Crippen LogP contribution in [-0.2, 0) is 7.05 Å². The van der Waals surface area contributed by atoms with Gasteiger partial charge < -0.3 is 9.88 Å². The summed E-state index contributed by atoms with van der Waals surface area (Å²) in [5, 5.41) is 7.19. The van der Waals surface area contributed by atoms with E-state index in [-0.39, 0.29) is 11.6 Å². The summed E-state index contributed by atoms with van der Waals surface area (Å²) in [6.07, 6.45) is 3.26. The third kappa shape index (κ3) is 2.14. The van der Waals surface area contributed by atoms with Crippen molar-refractivity contribution >= 4 is 17.2 Å². The summed E-state index contributed by atoms with van der Waals surface area (Å²) < 4.78 is 1.51. The predicted molar refractivity (Wildman–Crippen MR) is 65.8 cm³/mol. The first kappa shape index (κ1) is 10.9. The first-order valence-electron chi connectivity index (χ1n) is 4.99. The smallest absolute Gasteiger partial charge is 0.293 e. The van der Waals surface area contributed by atoms with Crippen molar-refractivity contribution in [1.82, 2.24) is 9.55 Å². The van der Waals surface area contributed by atoms with E-state index in [1.54, 1.807) is 30.8 Å². The molecule has 0 aliphatic heterocycles. The van der Waals surface area contributed by atoms with E-state index in [2.05, 4.69) is 15.7 Å². The number of nitrogens with one attached hydrogen (secondary N) is 1. The number of aryl methyl sites for hydroxylation is 1. The minimum absolute atomic E-state index is 0.0915. The molecule has 0 aromatic carbocycles. The molecule has 2 aromatic heterocycles. The zero-order chi connectivity index (χ0) is 11.5. The maximum absolute atomic E-state index is 11.7. The van der Waals surface area contributed by atoms with E-state index in [1.165, 1.54) is 4.57 Å². The van der Waals surface area contributed by atoms with Crippen molar-refractivity contribution in [3.05, 3.63) is 45.1 Å². The van der Waals surface area contributed by atoms with E-state index >= 15 is 0 Å². The predicted octanol–water partition coefficient (Wildman–Crippen LogP) is 2.01. The molecule has 2 aromatic rings. The SMILES string of the molecule is CC(Nc1nccn(C)c1=O)c1ccsc1. The molecule has 5 heteroatoms. The molecule has 2 rings (SSSR count). The number of anilines is 1. The summed E-state index contributed by atoms with van der Waals surface area (Å²) in [6, 6.07) is 2.13. The van der Waals surface area contributed by atoms with Gasteiger partial charge in [0.2, 0.25) is 0 Å². The van der Waals surface area contributed by atoms with Gasteiger partial charge >= 0.3 is 0 Å². The van der Waals surface area contributed by atoms with E-state index < -0.39 is 0 Å². The van der Waals surface area contributed by atoms with Crippen molar-refractivity contribution in [1.29, 1.82) is 0 Å². The van der Waals surface area contributed by atoms with E-state index in [9.17, 15) is 4.79 Å². The van der Waals surface area contributed by atoms with Crippen LogP contribution in [0.5, 0.6) is 0 Å². The first-order valence-corrected chi connectivity index (χ1v) is 5.93. The Morgan fingerprint density at radius 3 is 3.06 bits per heavy atom. The Labute approximate surface area is 97.6 Å². The molecule has 0 fully saturated rings. The fourth-order valence-electron chi connectivity index (χ4n) is 1.41. The standard InChI is InChI=1S/C11H13N3OS/c1-8(9-3-6-16-7-9)13-10-11(15)14(2)5-4-12-10/h3-8H,1-2H3,(H,12,13). The fourth-order valence-corrected chi connectivity index (χ4v) is 2.16. The van der Waals surface area contributed by atoms with Crippen LogP contribution in [0.2, 0.25) is 0 Å². The lowest BCUT2D eigenvalue weighted by Crippen LogP contribution is -2.23. The van der Waals surface area contributed by atoms with Crippen LogP contribution in [0.4, 0.5) is 5.82 Å². The Morgan fingerprint density at radius 1 is 1.56 bits per heavy atom. The van der Waals surface area contributed by atoms with Gasteiger partial charge in [0.1, 0.15) is 0 Å². The molecule has 0 spiro atoms. The second-order valence-corrected chi connectivity index (χ2v) is 4.39. The van der Waals surface area contributed by atoms with Crippen LogP contribution in [0.3, 0.4) is 0 Å². The quantitative estimate of drug-likeness (QED) is 0.885. The van der Waals surface area contributed by atoms with Crippen LogP contribution < -0.4 is 10.9 Å². The number of hydrogen-bond donors (Lipinski definition) is 1. The van der Waals surface area contributed by atoms with Crippen LogP contribution in [0.1, 0.15) is 18.5 Å². The average Bonchev–Trinajstić information content (AvgIpc) is 2.78. The van der Waals surface area contributed by atoms with Gasteiger partial charge in [0.15, 0.2) is 5.82 Å². The molecular weight excluding hydrogens is 222 g/mol. The van der Waals surface area contributed by atoms with Crippen LogP contribution in [0.15, 0.2) is 34.0 Å². The maximum Gasteiger partial charge on any atom is 0.293 e. The fraction of sp³-hybridized carbons (Fsp3) is 0.273. The normalized spacial score (nSPS) is 12.4. The Hall–Kier alpha value is -1.62. The highest BCUT2D eigenvalue weighted by Gasteiger charge is 2.09. The highest BCUT2D eigenvalue weighted by Crippen LogP contribution is 2.18. The Kier molecular flexibility index (Phi) is 3.05. The summed E-state index contributed by atoms with van der Waals surface area (Å²) >= 11 is 1.64. The van der Waals surface area contributed by atoms with Gasteiger partial charge in [-0.15, -0.1) is 0 Å². The summed E-state index contributed by atoms with van der Waals surface area (Å²) in [4.78, 5) is 15.8. The second kappa shape index (κ2) is 4.49. The zero-order valence-corrected chi connectivity index (χ0v) is 9.99. The Bertz CT molecular complexity index is 518. The third-order valence-electron chi connectivity index (χ3n) is 2.41. The molecule has 4 nitrogen and oxygen atoms in total. The monoisotopic (exact) mass is 235 g/mol. The zero-order valence-electron chi connectivity index (χ0n) is 9.18. The van der Waals surface area contributed by atoms with Gasteiger partial charge in [-0.1, -0.05) is 0 Å². The number of hydrogen-bond acceptors (Lipinski definition) is 4. The van der Waals surface area contributed by atoms with Crippen molar-refractivity contribution in [2.75, 3.05) is 5.32 Å². The van der Waals surface area contributed by atoms with Crippen molar-refractivity contribution in [2.45, 2.75) is 13.0 Å². The van der Waals surface area contributed by atoms with Crippen LogP contribution in [-0.4, -0.2) is 9.55 Å². The van der Waals surface area contributed by atoms with E-state index in [4.69, 9.17) is 0 Å². The number of aromatic nitrogens is 2. The summed E-state index contributed by atoms with van der Waals surface area (Å²) in [6.45, 7) is 2.01. The molecule has 0 aliphatic carbocycles. The number of thiophene rings is 1. The van der Waals surface area contributed by atoms with E-state index in [0.717, 1.165) is 5.56 Å². The van der Waals surface area contributed by atoms with Crippen molar-refractivity contribution < 1.29 is 0 Å². The van der Waals surface area contributed by atoms with Crippen LogP contribution in [0.25, 0.3) is 0 Å². The minimum Gasteiger partial charge on any atom is -0.359 e. The summed E-state index contributed by atoms with van der Waals surface area (Å²) in [5.74, 6) is 0.392. The number of nitrogens with zero attached hydrogens (tertiary/aromatic N) is 2. The molecule has 2 heterocycles. The van der Waals surface area contributed by atoms with Crippen molar-refractivity contribution in [3.63, 3.8) is 0 Å². The van der Waals surface area contributed by atoms with Crippen LogP contribution in [0, 0.1) is 0 Å². The molecule has 1 N–H and O–H groups in total. The Balaban J connectivity index is 2.22. The molecule has 0 aliphatic rings. The van der Waals surface area contributed by atoms with E-state index in [1.807, 2.05) is 18.4 Å². The first-order chi connectivity index (χ1) is 7.68. The lowest BCUT2D eigenvalue weighted by atomic mass is 10.2. The van der Waals surface area contributed by atoms with Crippen molar-refractivity contribution in [2.24, 2.45) is 7.05 Å². The molecule has 1 unspecified atom stereocenters. The highest BCUT2D eigenvalue weighted by atomic mass is 32.1. The highest BCUT2D eigenvalue weighted by molar-refractivity contribution is 7.07. The van der Waals surface area contributed by atoms with Gasteiger partial charge in [-0.3, -0.25) is 4.79 Å². The maximum atomic E-state index is 11.7. The van der Waals surface area contributed by atoms with Gasteiger partial charge in [0.25, 0.3) is 5.56 Å². The molecular formula is C11H13N3OS. The second-order valence-electron chi connectivity index (χ2n) is 3.61. The topological polar surface area (TPSA) is 46.9 Å². The summed E-state index contributed by atoms with van der Waals surface area (Å²) in [5.41, 5.74) is 1.06. The molecule has 0 saturated heterocycles. The molecule has 0 bridgehead atoms. The van der Waals surface area contributed by atoms with Gasteiger partial charge in [0.05, 0.1) is 6.04 Å². The third-order valence-corrected chi connectivity index (χ3v) is 3.11. The van der Waals surface area contributed by atoms with Gasteiger partial charge in [-0.05, 0) is 29.3 Å². The van der Waals surface area contributed by atoms with Gasteiger partial charge in [-0.2, -0.15) is 11.3 Å². The minimum atomic E-state index is -0.107. The average molecular weight is 235 g/mol. The summed E-state index contributed by atoms with van der Waals surface area (Å²) in [7, 11) is 1.71.